The van der Waals surface area contributed by atoms with Gasteiger partial charge in [0.05, 0.1) is 6.10 Å². The van der Waals surface area contributed by atoms with Crippen LogP contribution in [0.15, 0.2) is 41.1 Å². The molecule has 2 heteroatoms. The first-order valence-corrected chi connectivity index (χ1v) is 8.03. The summed E-state index contributed by atoms with van der Waals surface area (Å²) in [4.78, 5) is 0. The first-order chi connectivity index (χ1) is 9.33. The first-order valence-electron chi connectivity index (χ1n) is 7.09. The molecule has 0 radical (unpaired) electrons. The van der Waals surface area contributed by atoms with Crippen molar-refractivity contribution in [3.63, 3.8) is 0 Å². The van der Waals surface area contributed by atoms with Gasteiger partial charge in [0.1, 0.15) is 0 Å². The first kappa shape index (κ1) is 12.9. The van der Waals surface area contributed by atoms with Crippen molar-refractivity contribution >= 4 is 11.3 Å². The smallest absolute Gasteiger partial charge is 0.0574 e. The van der Waals surface area contributed by atoms with Crippen LogP contribution < -0.4 is 0 Å². The van der Waals surface area contributed by atoms with Gasteiger partial charge in [-0.3, -0.25) is 0 Å². The lowest BCUT2D eigenvalue weighted by Gasteiger charge is -2.28. The summed E-state index contributed by atoms with van der Waals surface area (Å²) in [6.07, 6.45) is 5.03. The third-order valence-electron chi connectivity index (χ3n) is 4.24. The molecule has 1 N–H and O–H groups in total. The number of aliphatic hydroxyl groups is 1. The molecular formula is C17H20OS. The van der Waals surface area contributed by atoms with Crippen molar-refractivity contribution in [1.82, 2.24) is 0 Å². The normalized spacial score (nSPS) is 19.9. The van der Waals surface area contributed by atoms with Crippen molar-refractivity contribution in [2.75, 3.05) is 0 Å². The Labute approximate surface area is 118 Å². The van der Waals surface area contributed by atoms with Crippen molar-refractivity contribution in [2.24, 2.45) is 5.92 Å². The number of rotatable bonds is 4. The second kappa shape index (κ2) is 5.89. The van der Waals surface area contributed by atoms with Gasteiger partial charge in [-0.25, -0.2) is 0 Å². The van der Waals surface area contributed by atoms with E-state index in [9.17, 15) is 5.11 Å². The molecule has 0 fully saturated rings. The van der Waals surface area contributed by atoms with E-state index < -0.39 is 0 Å². The van der Waals surface area contributed by atoms with E-state index in [1.807, 2.05) is 0 Å². The fourth-order valence-corrected chi connectivity index (χ4v) is 3.74. The Balaban J connectivity index is 1.58. The maximum absolute atomic E-state index is 10.4. The quantitative estimate of drug-likeness (QED) is 0.896. The molecule has 0 saturated carbocycles. The Hall–Kier alpha value is -1.12. The number of aliphatic hydroxyl groups excluding tert-OH is 1. The van der Waals surface area contributed by atoms with Gasteiger partial charge in [-0.15, -0.1) is 0 Å². The molecule has 2 atom stereocenters. The van der Waals surface area contributed by atoms with Gasteiger partial charge in [-0.1, -0.05) is 24.3 Å². The summed E-state index contributed by atoms with van der Waals surface area (Å²) in [6, 6.07) is 10.8. The van der Waals surface area contributed by atoms with E-state index >= 15 is 0 Å². The van der Waals surface area contributed by atoms with E-state index in [4.69, 9.17) is 0 Å². The highest BCUT2D eigenvalue weighted by molar-refractivity contribution is 7.07. The van der Waals surface area contributed by atoms with Crippen LogP contribution in [0.1, 0.15) is 29.5 Å². The zero-order chi connectivity index (χ0) is 13.1. The Morgan fingerprint density at radius 2 is 2.05 bits per heavy atom. The average molecular weight is 272 g/mol. The lowest BCUT2D eigenvalue weighted by Crippen LogP contribution is -2.27. The standard InChI is InChI=1S/C17H20OS/c18-17(8-5-13-9-10-19-12-13)16-7-6-14-3-1-2-4-15(14)11-16/h1-4,9-10,12,16-18H,5-8,11H2. The van der Waals surface area contributed by atoms with Gasteiger partial charge in [-0.05, 0) is 71.5 Å². The molecule has 1 aromatic carbocycles. The zero-order valence-corrected chi connectivity index (χ0v) is 11.9. The Kier molecular flexibility index (Phi) is 4.00. The number of fused-ring (bicyclic) bond motifs is 1. The van der Waals surface area contributed by atoms with Gasteiger partial charge in [-0.2, -0.15) is 11.3 Å². The number of aryl methyl sites for hydroxylation is 2. The highest BCUT2D eigenvalue weighted by Crippen LogP contribution is 2.29. The van der Waals surface area contributed by atoms with Crippen LogP contribution in [0.2, 0.25) is 0 Å². The maximum atomic E-state index is 10.4. The highest BCUT2D eigenvalue weighted by Gasteiger charge is 2.24. The van der Waals surface area contributed by atoms with E-state index in [-0.39, 0.29) is 6.10 Å². The van der Waals surface area contributed by atoms with E-state index in [1.165, 1.54) is 16.7 Å². The topological polar surface area (TPSA) is 20.2 Å². The summed E-state index contributed by atoms with van der Waals surface area (Å²) in [5, 5.41) is 14.7. The van der Waals surface area contributed by atoms with Crippen LogP contribution in [-0.2, 0) is 19.3 Å². The monoisotopic (exact) mass is 272 g/mol. The van der Waals surface area contributed by atoms with Crippen LogP contribution in [0.4, 0.5) is 0 Å². The number of benzene rings is 1. The third kappa shape index (κ3) is 3.07. The number of hydrogen-bond donors (Lipinski definition) is 1. The molecule has 3 rings (SSSR count). The average Bonchev–Trinajstić information content (AvgIpc) is 2.97. The lowest BCUT2D eigenvalue weighted by atomic mass is 9.80. The van der Waals surface area contributed by atoms with Crippen LogP contribution in [-0.4, -0.2) is 11.2 Å². The Bertz CT molecular complexity index is 518. The predicted molar refractivity (Wildman–Crippen MR) is 80.6 cm³/mol. The van der Waals surface area contributed by atoms with E-state index in [2.05, 4.69) is 41.1 Å². The molecule has 19 heavy (non-hydrogen) atoms. The van der Waals surface area contributed by atoms with Crippen molar-refractivity contribution in [2.45, 2.75) is 38.2 Å². The lowest BCUT2D eigenvalue weighted by molar-refractivity contribution is 0.0911. The Morgan fingerprint density at radius 1 is 1.21 bits per heavy atom. The van der Waals surface area contributed by atoms with Gasteiger partial charge in [0, 0.05) is 0 Å². The highest BCUT2D eigenvalue weighted by atomic mass is 32.1. The molecule has 1 heterocycles. The second-order valence-corrected chi connectivity index (χ2v) is 6.29. The molecule has 0 bridgehead atoms. The molecule has 1 aromatic heterocycles. The summed E-state index contributed by atoms with van der Waals surface area (Å²) in [5.41, 5.74) is 4.28. The summed E-state index contributed by atoms with van der Waals surface area (Å²) in [5.74, 6) is 0.438. The zero-order valence-electron chi connectivity index (χ0n) is 11.1. The van der Waals surface area contributed by atoms with Gasteiger partial charge in [0.2, 0.25) is 0 Å². The van der Waals surface area contributed by atoms with Crippen LogP contribution in [0.25, 0.3) is 0 Å². The van der Waals surface area contributed by atoms with Crippen LogP contribution >= 0.6 is 11.3 Å². The van der Waals surface area contributed by atoms with Crippen molar-refractivity contribution in [3.05, 3.63) is 57.8 Å². The van der Waals surface area contributed by atoms with Gasteiger partial charge in [0.15, 0.2) is 0 Å². The predicted octanol–water partition coefficient (Wildman–Crippen LogP) is 3.85. The second-order valence-electron chi connectivity index (χ2n) is 5.51. The molecule has 1 aliphatic carbocycles. The maximum Gasteiger partial charge on any atom is 0.0574 e. The molecule has 100 valence electrons. The fourth-order valence-electron chi connectivity index (χ4n) is 3.04. The van der Waals surface area contributed by atoms with Crippen molar-refractivity contribution < 1.29 is 5.11 Å². The number of thiophene rings is 1. The molecule has 1 nitrogen and oxygen atoms in total. The van der Waals surface area contributed by atoms with Crippen LogP contribution in [0.5, 0.6) is 0 Å². The molecule has 2 unspecified atom stereocenters. The fraction of sp³-hybridized carbons (Fsp3) is 0.412. The molecule has 1 aliphatic rings. The number of hydrogen-bond acceptors (Lipinski definition) is 2. The molecule has 2 aromatic rings. The van der Waals surface area contributed by atoms with Gasteiger partial charge < -0.3 is 5.11 Å². The van der Waals surface area contributed by atoms with Crippen LogP contribution in [0, 0.1) is 5.92 Å². The third-order valence-corrected chi connectivity index (χ3v) is 4.97. The molecule has 0 saturated heterocycles. The van der Waals surface area contributed by atoms with Crippen molar-refractivity contribution in [3.8, 4) is 0 Å². The minimum atomic E-state index is -0.159. The summed E-state index contributed by atoms with van der Waals surface area (Å²) < 4.78 is 0. The minimum Gasteiger partial charge on any atom is -0.393 e. The SMILES string of the molecule is OC(CCc1ccsc1)C1CCc2ccccc2C1. The Morgan fingerprint density at radius 3 is 2.84 bits per heavy atom. The van der Waals surface area contributed by atoms with Crippen molar-refractivity contribution in [1.29, 1.82) is 0 Å². The molecular weight excluding hydrogens is 252 g/mol. The summed E-state index contributed by atoms with van der Waals surface area (Å²) in [7, 11) is 0. The van der Waals surface area contributed by atoms with Crippen LogP contribution in [0.3, 0.4) is 0 Å². The molecule has 0 spiro atoms. The van der Waals surface area contributed by atoms with Gasteiger partial charge in [0.25, 0.3) is 0 Å². The summed E-state index contributed by atoms with van der Waals surface area (Å²) >= 11 is 1.74. The van der Waals surface area contributed by atoms with E-state index in [1.54, 1.807) is 11.3 Å². The largest absolute Gasteiger partial charge is 0.393 e. The van der Waals surface area contributed by atoms with E-state index in [0.717, 1.165) is 32.1 Å². The molecule has 0 amide bonds. The molecule has 0 aliphatic heterocycles. The van der Waals surface area contributed by atoms with Gasteiger partial charge >= 0.3 is 0 Å². The summed E-state index contributed by atoms with van der Waals surface area (Å²) in [6.45, 7) is 0. The minimum absolute atomic E-state index is 0.159. The van der Waals surface area contributed by atoms with E-state index in [0.29, 0.717) is 5.92 Å².